The van der Waals surface area contributed by atoms with Gasteiger partial charge in [0, 0.05) is 11.2 Å². The molecule has 74 valence electrons. The van der Waals surface area contributed by atoms with Crippen LogP contribution in [0.4, 0.5) is 0 Å². The molecule has 5 heteroatoms. The number of amides is 1. The Morgan fingerprint density at radius 1 is 1.64 bits per heavy atom. The van der Waals surface area contributed by atoms with Gasteiger partial charge >= 0.3 is 0 Å². The van der Waals surface area contributed by atoms with Crippen molar-refractivity contribution in [2.75, 3.05) is 6.54 Å². The second kappa shape index (κ2) is 4.98. The van der Waals surface area contributed by atoms with E-state index in [0.717, 1.165) is 0 Å². The van der Waals surface area contributed by atoms with Crippen molar-refractivity contribution in [3.63, 3.8) is 0 Å². The van der Waals surface area contributed by atoms with Gasteiger partial charge in [0.05, 0.1) is 12.1 Å². The van der Waals surface area contributed by atoms with Gasteiger partial charge in [0.15, 0.2) is 0 Å². The molecule has 1 heterocycles. The number of aromatic nitrogens is 1. The predicted molar refractivity (Wildman–Crippen MR) is 56.6 cm³/mol. The van der Waals surface area contributed by atoms with Crippen molar-refractivity contribution < 1.29 is 4.79 Å². The zero-order chi connectivity index (χ0) is 10.6. The zero-order valence-electron chi connectivity index (χ0n) is 7.26. The Balaban J connectivity index is 2.70. The number of rotatable bonds is 3. The molecular formula is C9H8Cl2N2O. The van der Waals surface area contributed by atoms with Crippen LogP contribution in [0.25, 0.3) is 0 Å². The normalized spacial score (nSPS) is 9.57. The molecule has 0 atom stereocenters. The number of halogens is 2. The van der Waals surface area contributed by atoms with Gasteiger partial charge in [-0.3, -0.25) is 4.79 Å². The minimum Gasteiger partial charge on any atom is -0.347 e. The molecule has 0 saturated carbocycles. The third-order valence-electron chi connectivity index (χ3n) is 1.44. The maximum atomic E-state index is 11.4. The van der Waals surface area contributed by atoms with Crippen molar-refractivity contribution in [2.45, 2.75) is 0 Å². The van der Waals surface area contributed by atoms with Crippen molar-refractivity contribution in [1.82, 2.24) is 10.3 Å². The monoisotopic (exact) mass is 230 g/mol. The Morgan fingerprint density at radius 2 is 2.36 bits per heavy atom. The number of hydrogen-bond acceptors (Lipinski definition) is 2. The molecular weight excluding hydrogens is 223 g/mol. The van der Waals surface area contributed by atoms with Crippen molar-refractivity contribution in [3.8, 4) is 0 Å². The first-order chi connectivity index (χ1) is 6.61. The summed E-state index contributed by atoms with van der Waals surface area (Å²) < 4.78 is 0. The van der Waals surface area contributed by atoms with Gasteiger partial charge in [-0.1, -0.05) is 29.8 Å². The van der Waals surface area contributed by atoms with Crippen LogP contribution in [0, 0.1) is 0 Å². The van der Waals surface area contributed by atoms with Crippen LogP contribution in [-0.2, 0) is 0 Å². The summed E-state index contributed by atoms with van der Waals surface area (Å²) in [6.45, 7) is 3.66. The lowest BCUT2D eigenvalue weighted by molar-refractivity contribution is 0.0957. The Kier molecular flexibility index (Phi) is 3.92. The molecule has 0 aliphatic carbocycles. The van der Waals surface area contributed by atoms with Crippen molar-refractivity contribution in [1.29, 1.82) is 0 Å². The maximum Gasteiger partial charge on any atom is 0.254 e. The molecule has 0 aromatic carbocycles. The standard InChI is InChI=1S/C9H8Cl2N2O/c1-6(10)5-13-9(14)7-3-2-4-12-8(7)11/h2-4H,1,5H2,(H,13,14). The van der Waals surface area contributed by atoms with Gasteiger partial charge < -0.3 is 5.32 Å². The van der Waals surface area contributed by atoms with Crippen LogP contribution in [0.2, 0.25) is 5.15 Å². The van der Waals surface area contributed by atoms with Crippen molar-refractivity contribution in [2.24, 2.45) is 0 Å². The minimum atomic E-state index is -0.315. The molecule has 0 unspecified atom stereocenters. The summed E-state index contributed by atoms with van der Waals surface area (Å²) in [5.41, 5.74) is 0.326. The van der Waals surface area contributed by atoms with E-state index in [-0.39, 0.29) is 17.6 Å². The van der Waals surface area contributed by atoms with E-state index >= 15 is 0 Å². The fraction of sp³-hybridized carbons (Fsp3) is 0.111. The van der Waals surface area contributed by atoms with Gasteiger partial charge in [-0.25, -0.2) is 4.98 Å². The number of nitrogens with one attached hydrogen (secondary N) is 1. The summed E-state index contributed by atoms with van der Waals surface area (Å²) in [5.74, 6) is -0.315. The second-order valence-corrected chi connectivity index (χ2v) is 3.43. The van der Waals surface area contributed by atoms with Gasteiger partial charge in [0.1, 0.15) is 5.15 Å². The fourth-order valence-electron chi connectivity index (χ4n) is 0.827. The molecule has 14 heavy (non-hydrogen) atoms. The van der Waals surface area contributed by atoms with Gasteiger partial charge in [-0.15, -0.1) is 0 Å². The first kappa shape index (κ1) is 11.0. The van der Waals surface area contributed by atoms with E-state index in [1.165, 1.54) is 6.20 Å². The van der Waals surface area contributed by atoms with E-state index in [9.17, 15) is 4.79 Å². The smallest absolute Gasteiger partial charge is 0.254 e. The molecule has 1 N–H and O–H groups in total. The molecule has 1 aromatic heterocycles. The van der Waals surface area contributed by atoms with Crippen LogP contribution in [0.3, 0.4) is 0 Å². The third-order valence-corrected chi connectivity index (χ3v) is 1.88. The molecule has 1 amide bonds. The SMILES string of the molecule is C=C(Cl)CNC(=O)c1cccnc1Cl. The number of pyridine rings is 1. The Hall–Kier alpha value is -1.06. The molecule has 0 spiro atoms. The van der Waals surface area contributed by atoms with Gasteiger partial charge in [0.2, 0.25) is 0 Å². The summed E-state index contributed by atoms with van der Waals surface area (Å²) in [5, 5.41) is 3.08. The van der Waals surface area contributed by atoms with E-state index < -0.39 is 0 Å². The summed E-state index contributed by atoms with van der Waals surface area (Å²) in [4.78, 5) is 15.2. The van der Waals surface area contributed by atoms with Crippen LogP contribution in [0.15, 0.2) is 29.9 Å². The highest BCUT2D eigenvalue weighted by atomic mass is 35.5. The van der Waals surface area contributed by atoms with Crippen LogP contribution < -0.4 is 5.32 Å². The van der Waals surface area contributed by atoms with Crippen molar-refractivity contribution in [3.05, 3.63) is 40.7 Å². The molecule has 3 nitrogen and oxygen atoms in total. The van der Waals surface area contributed by atoms with E-state index in [1.807, 2.05) is 0 Å². The minimum absolute atomic E-state index is 0.171. The average Bonchev–Trinajstić information content (AvgIpc) is 2.15. The molecule has 0 fully saturated rings. The second-order valence-electron chi connectivity index (χ2n) is 2.54. The van der Waals surface area contributed by atoms with E-state index in [4.69, 9.17) is 23.2 Å². The molecule has 0 radical (unpaired) electrons. The molecule has 0 aliphatic heterocycles. The maximum absolute atomic E-state index is 11.4. The highest BCUT2D eigenvalue weighted by Gasteiger charge is 2.09. The van der Waals surface area contributed by atoms with Crippen LogP contribution in [0.5, 0.6) is 0 Å². The average molecular weight is 231 g/mol. The number of carbonyl (C=O) groups is 1. The zero-order valence-corrected chi connectivity index (χ0v) is 8.77. The Morgan fingerprint density at radius 3 is 2.93 bits per heavy atom. The summed E-state index contributed by atoms with van der Waals surface area (Å²) >= 11 is 11.2. The summed E-state index contributed by atoms with van der Waals surface area (Å²) in [6, 6.07) is 3.22. The Bertz CT molecular complexity index is 366. The highest BCUT2D eigenvalue weighted by molar-refractivity contribution is 6.32. The lowest BCUT2D eigenvalue weighted by Gasteiger charge is -2.04. The molecule has 1 aromatic rings. The quantitative estimate of drug-likeness (QED) is 0.810. The molecule has 0 bridgehead atoms. The van der Waals surface area contributed by atoms with Crippen LogP contribution in [0.1, 0.15) is 10.4 Å². The van der Waals surface area contributed by atoms with Gasteiger partial charge in [-0.05, 0) is 12.1 Å². The number of hydrogen-bond donors (Lipinski definition) is 1. The highest BCUT2D eigenvalue weighted by Crippen LogP contribution is 2.11. The van der Waals surface area contributed by atoms with E-state index in [1.54, 1.807) is 12.1 Å². The number of nitrogens with zero attached hydrogens (tertiary/aromatic N) is 1. The van der Waals surface area contributed by atoms with Crippen molar-refractivity contribution >= 4 is 29.1 Å². The fourth-order valence-corrected chi connectivity index (χ4v) is 1.10. The van der Waals surface area contributed by atoms with Crippen LogP contribution >= 0.6 is 23.2 Å². The molecule has 0 aliphatic rings. The molecule has 0 saturated heterocycles. The third kappa shape index (κ3) is 3.01. The van der Waals surface area contributed by atoms with Gasteiger partial charge in [0.25, 0.3) is 5.91 Å². The lowest BCUT2D eigenvalue weighted by atomic mass is 10.2. The first-order valence-electron chi connectivity index (χ1n) is 3.83. The molecule has 1 rings (SSSR count). The van der Waals surface area contributed by atoms with E-state index in [2.05, 4.69) is 16.9 Å². The number of carbonyl (C=O) groups excluding carboxylic acids is 1. The summed E-state index contributed by atoms with van der Waals surface area (Å²) in [7, 11) is 0. The lowest BCUT2D eigenvalue weighted by Crippen LogP contribution is -2.24. The summed E-state index contributed by atoms with van der Waals surface area (Å²) in [6.07, 6.45) is 1.51. The Labute approximate surface area is 91.7 Å². The van der Waals surface area contributed by atoms with Gasteiger partial charge in [-0.2, -0.15) is 0 Å². The van der Waals surface area contributed by atoms with Crippen LogP contribution in [-0.4, -0.2) is 17.4 Å². The largest absolute Gasteiger partial charge is 0.347 e. The first-order valence-corrected chi connectivity index (χ1v) is 4.59. The van der Waals surface area contributed by atoms with E-state index in [0.29, 0.717) is 10.6 Å². The predicted octanol–water partition coefficient (Wildman–Crippen LogP) is 2.22. The topological polar surface area (TPSA) is 42.0 Å².